The first-order valence-corrected chi connectivity index (χ1v) is 10.3. The van der Waals surface area contributed by atoms with Crippen molar-refractivity contribution in [2.75, 3.05) is 26.3 Å². The summed E-state index contributed by atoms with van der Waals surface area (Å²) in [7, 11) is -3.76. The molecule has 0 unspecified atom stereocenters. The fourth-order valence-electron chi connectivity index (χ4n) is 2.95. The van der Waals surface area contributed by atoms with E-state index in [2.05, 4.69) is 0 Å². The van der Waals surface area contributed by atoms with Crippen LogP contribution in [0.1, 0.15) is 21.5 Å². The number of hydrogen-bond donors (Lipinski definition) is 0. The molecule has 3 rings (SSSR count). The van der Waals surface area contributed by atoms with E-state index in [4.69, 9.17) is 9.47 Å². The lowest BCUT2D eigenvalue weighted by molar-refractivity contribution is -0.385. The van der Waals surface area contributed by atoms with E-state index in [1.54, 1.807) is 13.0 Å². The number of nitro groups is 1. The molecule has 1 heterocycles. The van der Waals surface area contributed by atoms with Gasteiger partial charge in [-0.3, -0.25) is 10.1 Å². The van der Waals surface area contributed by atoms with Gasteiger partial charge in [-0.2, -0.15) is 4.31 Å². The maximum atomic E-state index is 12.8. The first-order valence-electron chi connectivity index (χ1n) is 8.88. The fourth-order valence-corrected chi connectivity index (χ4v) is 4.38. The zero-order valence-corrected chi connectivity index (χ0v) is 16.6. The predicted octanol–water partition coefficient (Wildman–Crippen LogP) is 2.28. The van der Waals surface area contributed by atoms with Gasteiger partial charge in [-0.1, -0.05) is 18.2 Å². The minimum Gasteiger partial charge on any atom is -0.457 e. The Kier molecular flexibility index (Phi) is 6.26. The van der Waals surface area contributed by atoms with E-state index in [1.165, 1.54) is 40.7 Å². The van der Waals surface area contributed by atoms with Gasteiger partial charge >= 0.3 is 5.97 Å². The molecule has 0 amide bonds. The number of ether oxygens (including phenoxy) is 2. The highest BCUT2D eigenvalue weighted by atomic mass is 32.2. The average molecular weight is 420 g/mol. The van der Waals surface area contributed by atoms with Crippen LogP contribution in [0.4, 0.5) is 5.69 Å². The van der Waals surface area contributed by atoms with Gasteiger partial charge in [-0.05, 0) is 30.7 Å². The lowest BCUT2D eigenvalue weighted by Crippen LogP contribution is -2.40. The Labute approximate surface area is 168 Å². The van der Waals surface area contributed by atoms with E-state index >= 15 is 0 Å². The lowest BCUT2D eigenvalue weighted by Gasteiger charge is -2.26. The van der Waals surface area contributed by atoms with Crippen LogP contribution < -0.4 is 0 Å². The summed E-state index contributed by atoms with van der Waals surface area (Å²) in [6, 6.07) is 10.2. The number of carbonyl (C=O) groups is 1. The lowest BCUT2D eigenvalue weighted by atomic mass is 10.1. The van der Waals surface area contributed by atoms with Gasteiger partial charge in [-0.15, -0.1) is 0 Å². The summed E-state index contributed by atoms with van der Waals surface area (Å²) in [5, 5.41) is 11.1. The highest BCUT2D eigenvalue weighted by molar-refractivity contribution is 7.89. The second-order valence-corrected chi connectivity index (χ2v) is 8.39. The van der Waals surface area contributed by atoms with E-state index in [1.807, 2.05) is 0 Å². The standard InChI is InChI=1S/C19H20N2O7S/c1-14-6-7-16(29(25,26)20-8-10-27-11-9-20)12-17(14)19(22)28-13-15-4-2-3-5-18(15)21(23)24/h2-7,12H,8-11,13H2,1H3. The average Bonchev–Trinajstić information content (AvgIpc) is 2.73. The molecule has 10 heteroatoms. The van der Waals surface area contributed by atoms with Crippen molar-refractivity contribution < 1.29 is 27.6 Å². The van der Waals surface area contributed by atoms with Crippen LogP contribution in [-0.2, 0) is 26.1 Å². The van der Waals surface area contributed by atoms with Crippen LogP contribution in [0.2, 0.25) is 0 Å². The number of benzene rings is 2. The molecule has 0 atom stereocenters. The largest absolute Gasteiger partial charge is 0.457 e. The molecule has 0 N–H and O–H groups in total. The molecule has 2 aromatic rings. The van der Waals surface area contributed by atoms with Gasteiger partial charge in [0.15, 0.2) is 0 Å². The van der Waals surface area contributed by atoms with Gasteiger partial charge < -0.3 is 9.47 Å². The first kappa shape index (κ1) is 20.9. The number of sulfonamides is 1. The van der Waals surface area contributed by atoms with E-state index in [0.717, 1.165) is 0 Å². The van der Waals surface area contributed by atoms with Crippen LogP contribution in [0.15, 0.2) is 47.4 Å². The molecule has 1 fully saturated rings. The number of rotatable bonds is 6. The fraction of sp³-hybridized carbons (Fsp3) is 0.316. The molecular weight excluding hydrogens is 400 g/mol. The zero-order valence-electron chi connectivity index (χ0n) is 15.7. The number of para-hydroxylation sites is 1. The highest BCUT2D eigenvalue weighted by Gasteiger charge is 2.27. The van der Waals surface area contributed by atoms with Crippen LogP contribution >= 0.6 is 0 Å². The van der Waals surface area contributed by atoms with E-state index < -0.39 is 20.9 Å². The van der Waals surface area contributed by atoms with Crippen molar-refractivity contribution in [1.82, 2.24) is 4.31 Å². The quantitative estimate of drug-likeness (QED) is 0.400. The van der Waals surface area contributed by atoms with Crippen LogP contribution in [0.5, 0.6) is 0 Å². The van der Waals surface area contributed by atoms with Gasteiger partial charge in [-0.25, -0.2) is 13.2 Å². The number of nitro benzene ring substituents is 1. The van der Waals surface area contributed by atoms with Crippen molar-refractivity contribution in [3.05, 3.63) is 69.3 Å². The molecule has 154 valence electrons. The highest BCUT2D eigenvalue weighted by Crippen LogP contribution is 2.23. The molecule has 0 saturated carbocycles. The van der Waals surface area contributed by atoms with Gasteiger partial charge in [0.2, 0.25) is 10.0 Å². The predicted molar refractivity (Wildman–Crippen MR) is 103 cm³/mol. The van der Waals surface area contributed by atoms with Crippen LogP contribution in [0.25, 0.3) is 0 Å². The van der Waals surface area contributed by atoms with Crippen LogP contribution in [0, 0.1) is 17.0 Å². The third-order valence-electron chi connectivity index (χ3n) is 4.58. The molecule has 0 spiro atoms. The number of morpholine rings is 1. The molecule has 1 aliphatic heterocycles. The summed E-state index contributed by atoms with van der Waals surface area (Å²) >= 11 is 0. The molecule has 1 saturated heterocycles. The Morgan fingerprint density at radius 3 is 2.59 bits per heavy atom. The molecule has 1 aliphatic rings. The second-order valence-electron chi connectivity index (χ2n) is 6.46. The molecule has 9 nitrogen and oxygen atoms in total. The van der Waals surface area contributed by atoms with E-state index in [0.29, 0.717) is 18.8 Å². The topological polar surface area (TPSA) is 116 Å². The van der Waals surface area contributed by atoms with Gasteiger partial charge in [0.05, 0.1) is 34.2 Å². The Morgan fingerprint density at radius 2 is 1.90 bits per heavy atom. The van der Waals surface area contributed by atoms with Crippen LogP contribution in [-0.4, -0.2) is 49.9 Å². The van der Waals surface area contributed by atoms with Gasteiger partial charge in [0.25, 0.3) is 5.69 Å². The van der Waals surface area contributed by atoms with E-state index in [9.17, 15) is 23.3 Å². The molecule has 29 heavy (non-hydrogen) atoms. The van der Waals surface area contributed by atoms with E-state index in [-0.39, 0.29) is 41.4 Å². The van der Waals surface area contributed by atoms with Crippen molar-refractivity contribution in [3.63, 3.8) is 0 Å². The maximum absolute atomic E-state index is 12.8. The summed E-state index contributed by atoms with van der Waals surface area (Å²) < 4.78 is 37.4. The van der Waals surface area contributed by atoms with Crippen molar-refractivity contribution in [3.8, 4) is 0 Å². The van der Waals surface area contributed by atoms with Crippen molar-refractivity contribution in [2.45, 2.75) is 18.4 Å². The summed E-state index contributed by atoms with van der Waals surface area (Å²) in [4.78, 5) is 23.1. The molecule has 0 aromatic heterocycles. The molecule has 0 bridgehead atoms. The molecule has 0 radical (unpaired) electrons. The number of carbonyl (C=O) groups excluding carboxylic acids is 1. The number of hydrogen-bond acceptors (Lipinski definition) is 7. The van der Waals surface area contributed by atoms with Crippen molar-refractivity contribution >= 4 is 21.7 Å². The molecule has 0 aliphatic carbocycles. The molecule has 2 aromatic carbocycles. The summed E-state index contributed by atoms with van der Waals surface area (Å²) in [5.41, 5.74) is 0.734. The first-order chi connectivity index (χ1) is 13.8. The smallest absolute Gasteiger partial charge is 0.338 e. The number of nitrogens with zero attached hydrogens (tertiary/aromatic N) is 2. The molecular formula is C19H20N2O7S. The van der Waals surface area contributed by atoms with Gasteiger partial charge in [0, 0.05) is 19.2 Å². The zero-order chi connectivity index (χ0) is 21.0. The Bertz CT molecular complexity index is 1030. The number of esters is 1. The second kappa shape index (κ2) is 8.68. The summed E-state index contributed by atoms with van der Waals surface area (Å²) in [5.74, 6) is -0.750. The summed E-state index contributed by atoms with van der Waals surface area (Å²) in [6.45, 7) is 2.48. The summed E-state index contributed by atoms with van der Waals surface area (Å²) in [6.07, 6.45) is 0. The van der Waals surface area contributed by atoms with Crippen molar-refractivity contribution in [2.24, 2.45) is 0 Å². The minimum atomic E-state index is -3.76. The van der Waals surface area contributed by atoms with Gasteiger partial charge in [0.1, 0.15) is 6.61 Å². The minimum absolute atomic E-state index is 0.0114. The van der Waals surface area contributed by atoms with Crippen LogP contribution in [0.3, 0.4) is 0 Å². The Morgan fingerprint density at radius 1 is 1.21 bits per heavy atom. The van der Waals surface area contributed by atoms with Crippen molar-refractivity contribution in [1.29, 1.82) is 0 Å². The Balaban J connectivity index is 1.81. The third-order valence-corrected chi connectivity index (χ3v) is 6.48. The SMILES string of the molecule is Cc1ccc(S(=O)(=O)N2CCOCC2)cc1C(=O)OCc1ccccc1[N+](=O)[O-]. The normalized spacial score (nSPS) is 15.1. The maximum Gasteiger partial charge on any atom is 0.338 e. The number of aryl methyl sites for hydroxylation is 1. The monoisotopic (exact) mass is 420 g/mol. The Hall–Kier alpha value is -2.82. The third kappa shape index (κ3) is 4.61.